The van der Waals surface area contributed by atoms with Gasteiger partial charge < -0.3 is 15.2 Å². The number of ether oxygens (including phenoxy) is 1. The maximum Gasteiger partial charge on any atom is 0.225 e. The zero-order chi connectivity index (χ0) is 12.3. The van der Waals surface area contributed by atoms with E-state index in [4.69, 9.17) is 9.84 Å². The molecule has 1 aliphatic heterocycles. The van der Waals surface area contributed by atoms with Crippen LogP contribution in [0, 0.1) is 11.3 Å². The van der Waals surface area contributed by atoms with Crippen LogP contribution in [0.2, 0.25) is 0 Å². The summed E-state index contributed by atoms with van der Waals surface area (Å²) in [5, 5.41) is 12.0. The lowest BCUT2D eigenvalue weighted by atomic mass is 9.97. The highest BCUT2D eigenvalue weighted by Gasteiger charge is 2.42. The Morgan fingerprint density at radius 3 is 2.88 bits per heavy atom. The summed E-state index contributed by atoms with van der Waals surface area (Å²) >= 11 is 0. The van der Waals surface area contributed by atoms with Crippen LogP contribution in [0.1, 0.15) is 39.0 Å². The minimum atomic E-state index is 0.0323. The number of carbonyl (C=O) groups excluding carboxylic acids is 1. The maximum absolute atomic E-state index is 12.0. The number of amides is 1. The van der Waals surface area contributed by atoms with Gasteiger partial charge in [-0.1, -0.05) is 6.92 Å². The molecule has 2 atom stereocenters. The Bertz CT molecular complexity index is 276. The third kappa shape index (κ3) is 2.99. The quantitative estimate of drug-likeness (QED) is 0.731. The second-order valence-electron chi connectivity index (χ2n) is 5.40. The van der Waals surface area contributed by atoms with Crippen molar-refractivity contribution in [2.75, 3.05) is 19.8 Å². The van der Waals surface area contributed by atoms with Crippen molar-refractivity contribution >= 4 is 5.91 Å². The summed E-state index contributed by atoms with van der Waals surface area (Å²) in [6.45, 7) is 3.71. The van der Waals surface area contributed by atoms with Crippen molar-refractivity contribution in [1.29, 1.82) is 0 Å². The number of hydrogen-bond acceptors (Lipinski definition) is 3. The first-order chi connectivity index (χ1) is 8.21. The Morgan fingerprint density at radius 1 is 1.53 bits per heavy atom. The Morgan fingerprint density at radius 2 is 2.29 bits per heavy atom. The monoisotopic (exact) mass is 241 g/mol. The third-order valence-corrected chi connectivity index (χ3v) is 4.19. The Hall–Kier alpha value is -0.610. The van der Waals surface area contributed by atoms with Gasteiger partial charge in [0.1, 0.15) is 0 Å². The molecule has 1 heterocycles. The van der Waals surface area contributed by atoms with E-state index in [9.17, 15) is 4.79 Å². The molecule has 2 fully saturated rings. The van der Waals surface area contributed by atoms with Crippen LogP contribution < -0.4 is 5.32 Å². The SMILES string of the molecule is CCC1OCCC1C(=O)NCC1(CCO)CC1. The number of nitrogens with one attached hydrogen (secondary N) is 1. The van der Waals surface area contributed by atoms with Gasteiger partial charge in [0.05, 0.1) is 12.0 Å². The van der Waals surface area contributed by atoms with E-state index < -0.39 is 0 Å². The molecule has 4 heteroatoms. The topological polar surface area (TPSA) is 58.6 Å². The molecule has 2 rings (SSSR count). The van der Waals surface area contributed by atoms with E-state index in [1.54, 1.807) is 0 Å². The fourth-order valence-electron chi connectivity index (χ4n) is 2.69. The first-order valence-corrected chi connectivity index (χ1v) is 6.71. The summed E-state index contributed by atoms with van der Waals surface area (Å²) in [5.74, 6) is 0.170. The molecule has 2 aliphatic rings. The van der Waals surface area contributed by atoms with E-state index >= 15 is 0 Å². The molecule has 0 aromatic rings. The normalized spacial score (nSPS) is 30.2. The Kier molecular flexibility index (Phi) is 4.05. The molecule has 1 saturated heterocycles. The summed E-state index contributed by atoms with van der Waals surface area (Å²) in [4.78, 5) is 12.0. The molecule has 0 spiro atoms. The maximum atomic E-state index is 12.0. The fraction of sp³-hybridized carbons (Fsp3) is 0.923. The smallest absolute Gasteiger partial charge is 0.225 e. The highest BCUT2D eigenvalue weighted by molar-refractivity contribution is 5.79. The molecule has 4 nitrogen and oxygen atoms in total. The molecular formula is C13H23NO3. The summed E-state index contributed by atoms with van der Waals surface area (Å²) in [5.41, 5.74) is 0.200. The predicted octanol–water partition coefficient (Wildman–Crippen LogP) is 1.08. The van der Waals surface area contributed by atoms with Crippen LogP contribution in [0.5, 0.6) is 0 Å². The molecule has 98 valence electrons. The van der Waals surface area contributed by atoms with Gasteiger partial charge in [-0.25, -0.2) is 0 Å². The molecule has 0 aromatic carbocycles. The van der Waals surface area contributed by atoms with E-state index in [0.717, 1.165) is 38.6 Å². The van der Waals surface area contributed by atoms with Gasteiger partial charge in [-0.2, -0.15) is 0 Å². The minimum Gasteiger partial charge on any atom is -0.396 e. The lowest BCUT2D eigenvalue weighted by molar-refractivity contribution is -0.127. The van der Waals surface area contributed by atoms with Crippen LogP contribution in [-0.4, -0.2) is 36.9 Å². The molecule has 0 radical (unpaired) electrons. The van der Waals surface area contributed by atoms with Crippen LogP contribution in [0.25, 0.3) is 0 Å². The molecule has 1 saturated carbocycles. The van der Waals surface area contributed by atoms with Gasteiger partial charge in [0.2, 0.25) is 5.91 Å². The highest BCUT2D eigenvalue weighted by Crippen LogP contribution is 2.47. The summed E-state index contributed by atoms with van der Waals surface area (Å²) in [6, 6.07) is 0. The highest BCUT2D eigenvalue weighted by atomic mass is 16.5. The van der Waals surface area contributed by atoms with Crippen molar-refractivity contribution in [2.45, 2.75) is 45.1 Å². The first kappa shape index (κ1) is 12.8. The average Bonchev–Trinajstić information content (AvgIpc) is 2.93. The van der Waals surface area contributed by atoms with Crippen LogP contribution in [0.4, 0.5) is 0 Å². The van der Waals surface area contributed by atoms with E-state index in [-0.39, 0.29) is 30.0 Å². The van der Waals surface area contributed by atoms with Crippen LogP contribution in [0.15, 0.2) is 0 Å². The lowest BCUT2D eigenvalue weighted by Gasteiger charge is -2.19. The average molecular weight is 241 g/mol. The number of rotatable bonds is 6. The molecule has 2 N–H and O–H groups in total. The summed E-state index contributed by atoms with van der Waals surface area (Å²) in [7, 11) is 0. The van der Waals surface area contributed by atoms with Gasteiger partial charge in [0.15, 0.2) is 0 Å². The van der Waals surface area contributed by atoms with Crippen LogP contribution >= 0.6 is 0 Å². The van der Waals surface area contributed by atoms with E-state index in [2.05, 4.69) is 12.2 Å². The predicted molar refractivity (Wildman–Crippen MR) is 64.5 cm³/mol. The standard InChI is InChI=1S/C13H23NO3/c1-2-11-10(3-8-17-11)12(16)14-9-13(4-5-13)6-7-15/h10-11,15H,2-9H2,1H3,(H,14,16). The summed E-state index contributed by atoms with van der Waals surface area (Å²) in [6.07, 6.45) is 4.92. The van der Waals surface area contributed by atoms with Gasteiger partial charge in [-0.15, -0.1) is 0 Å². The summed E-state index contributed by atoms with van der Waals surface area (Å²) < 4.78 is 5.53. The molecule has 1 aliphatic carbocycles. The number of aliphatic hydroxyl groups excluding tert-OH is 1. The van der Waals surface area contributed by atoms with E-state index in [0.29, 0.717) is 6.61 Å². The Labute approximate surface area is 103 Å². The molecule has 17 heavy (non-hydrogen) atoms. The van der Waals surface area contributed by atoms with Crippen LogP contribution in [0.3, 0.4) is 0 Å². The first-order valence-electron chi connectivity index (χ1n) is 6.71. The molecule has 1 amide bonds. The zero-order valence-electron chi connectivity index (χ0n) is 10.6. The van der Waals surface area contributed by atoms with Crippen molar-refractivity contribution in [1.82, 2.24) is 5.32 Å². The van der Waals surface area contributed by atoms with Crippen molar-refractivity contribution in [2.24, 2.45) is 11.3 Å². The minimum absolute atomic E-state index is 0.0323. The van der Waals surface area contributed by atoms with Crippen LogP contribution in [-0.2, 0) is 9.53 Å². The van der Waals surface area contributed by atoms with Crippen molar-refractivity contribution < 1.29 is 14.6 Å². The number of aliphatic hydroxyl groups is 1. The van der Waals surface area contributed by atoms with Gasteiger partial charge in [-0.05, 0) is 37.5 Å². The van der Waals surface area contributed by atoms with E-state index in [1.165, 1.54) is 0 Å². The van der Waals surface area contributed by atoms with Gasteiger partial charge >= 0.3 is 0 Å². The molecule has 0 aromatic heterocycles. The fourth-order valence-corrected chi connectivity index (χ4v) is 2.69. The van der Waals surface area contributed by atoms with Crippen molar-refractivity contribution in [3.63, 3.8) is 0 Å². The van der Waals surface area contributed by atoms with E-state index in [1.807, 2.05) is 0 Å². The molecular weight excluding hydrogens is 218 g/mol. The largest absolute Gasteiger partial charge is 0.396 e. The lowest BCUT2D eigenvalue weighted by Crippen LogP contribution is -2.38. The van der Waals surface area contributed by atoms with Gasteiger partial charge in [0.25, 0.3) is 0 Å². The van der Waals surface area contributed by atoms with Crippen molar-refractivity contribution in [3.05, 3.63) is 0 Å². The molecule has 0 bridgehead atoms. The van der Waals surface area contributed by atoms with Crippen molar-refractivity contribution in [3.8, 4) is 0 Å². The second-order valence-corrected chi connectivity index (χ2v) is 5.40. The zero-order valence-corrected chi connectivity index (χ0v) is 10.6. The van der Waals surface area contributed by atoms with Gasteiger partial charge in [0, 0.05) is 19.8 Å². The molecule has 2 unspecified atom stereocenters. The second kappa shape index (κ2) is 5.36. The Balaban J connectivity index is 1.77. The third-order valence-electron chi connectivity index (χ3n) is 4.19. The number of hydrogen-bond donors (Lipinski definition) is 2. The van der Waals surface area contributed by atoms with Gasteiger partial charge in [-0.3, -0.25) is 4.79 Å². The number of carbonyl (C=O) groups is 1.